The Bertz CT molecular complexity index is 1360. The summed E-state index contributed by atoms with van der Waals surface area (Å²) in [5.41, 5.74) is 4.86. The fraction of sp³-hybridized carbons (Fsp3) is 0.290. The third kappa shape index (κ3) is 4.88. The van der Waals surface area contributed by atoms with Gasteiger partial charge in [-0.25, -0.2) is 0 Å². The van der Waals surface area contributed by atoms with E-state index >= 15 is 0 Å². The van der Waals surface area contributed by atoms with Crippen LogP contribution in [0.4, 0.5) is 11.4 Å². The molecule has 0 fully saturated rings. The zero-order valence-corrected chi connectivity index (χ0v) is 22.1. The minimum Gasteiger partial charge on any atom is -0.497 e. The lowest BCUT2D eigenvalue weighted by atomic mass is 9.78. The molecule has 190 valence electrons. The third-order valence-electron chi connectivity index (χ3n) is 7.13. The van der Waals surface area contributed by atoms with E-state index in [4.69, 9.17) is 16.3 Å². The number of methoxy groups -OCH3 is 1. The number of ether oxygens (including phenoxy) is 1. The molecule has 0 saturated carbocycles. The van der Waals surface area contributed by atoms with E-state index < -0.39 is 6.04 Å². The number of benzene rings is 3. The summed E-state index contributed by atoms with van der Waals surface area (Å²) in [6, 6.07) is 22.6. The van der Waals surface area contributed by atoms with Crippen molar-refractivity contribution in [2.24, 2.45) is 5.92 Å². The Balaban J connectivity index is 1.68. The average Bonchev–Trinajstić information content (AvgIpc) is 3.03. The Morgan fingerprint density at radius 2 is 1.73 bits per heavy atom. The van der Waals surface area contributed by atoms with Crippen molar-refractivity contribution in [2.45, 2.75) is 45.1 Å². The molecular formula is C31H31ClN2O3. The van der Waals surface area contributed by atoms with E-state index in [1.165, 1.54) is 0 Å². The number of hydrogen-bond donors (Lipinski definition) is 1. The van der Waals surface area contributed by atoms with Crippen LogP contribution in [-0.2, 0) is 9.59 Å². The molecule has 6 heteroatoms. The first-order valence-corrected chi connectivity index (χ1v) is 13.1. The number of rotatable bonds is 5. The molecule has 0 unspecified atom stereocenters. The number of allylic oxidation sites excluding steroid dienone is 1. The molecule has 0 bridgehead atoms. The van der Waals surface area contributed by atoms with Crippen LogP contribution in [0.3, 0.4) is 0 Å². The number of halogens is 1. The van der Waals surface area contributed by atoms with Gasteiger partial charge in [0.05, 0.1) is 24.5 Å². The molecule has 2 atom stereocenters. The van der Waals surface area contributed by atoms with Gasteiger partial charge in [-0.1, -0.05) is 67.9 Å². The van der Waals surface area contributed by atoms with Gasteiger partial charge >= 0.3 is 0 Å². The molecule has 0 spiro atoms. The summed E-state index contributed by atoms with van der Waals surface area (Å²) in [4.78, 5) is 29.7. The maximum absolute atomic E-state index is 14.0. The van der Waals surface area contributed by atoms with Crippen LogP contribution in [0.15, 0.2) is 84.1 Å². The number of carbonyl (C=O) groups is 2. The van der Waals surface area contributed by atoms with Gasteiger partial charge in [-0.2, -0.15) is 0 Å². The minimum atomic E-state index is -0.615. The summed E-state index contributed by atoms with van der Waals surface area (Å²) in [6.45, 7) is 4.06. The molecule has 0 aromatic heterocycles. The molecule has 1 N–H and O–H groups in total. The number of nitrogens with one attached hydrogen (secondary N) is 1. The number of nitrogens with zero attached hydrogens (tertiary/aromatic N) is 1. The summed E-state index contributed by atoms with van der Waals surface area (Å²) in [5.74, 6) is 0.951. The first kappa shape index (κ1) is 25.1. The largest absolute Gasteiger partial charge is 0.497 e. The van der Waals surface area contributed by atoms with E-state index in [0.29, 0.717) is 29.9 Å². The second-order valence-corrected chi connectivity index (χ2v) is 10.5. The van der Waals surface area contributed by atoms with Crippen molar-refractivity contribution in [3.05, 3.63) is 100 Å². The van der Waals surface area contributed by atoms with E-state index in [0.717, 1.165) is 33.9 Å². The quantitative estimate of drug-likeness (QED) is 0.388. The molecule has 3 aromatic carbocycles. The summed E-state index contributed by atoms with van der Waals surface area (Å²) in [5, 5.41) is 4.10. The number of ketones is 1. The molecule has 37 heavy (non-hydrogen) atoms. The van der Waals surface area contributed by atoms with E-state index in [1.807, 2.05) is 86.6 Å². The second kappa shape index (κ2) is 10.4. The average molecular weight is 515 g/mol. The van der Waals surface area contributed by atoms with Crippen LogP contribution in [0.1, 0.15) is 56.2 Å². The monoisotopic (exact) mass is 514 g/mol. The Kier molecular flexibility index (Phi) is 7.07. The number of fused-ring (bicyclic) bond motifs is 1. The molecule has 2 aliphatic rings. The maximum Gasteiger partial charge on any atom is 0.228 e. The molecule has 3 aromatic rings. The molecule has 5 nitrogen and oxygen atoms in total. The van der Waals surface area contributed by atoms with Crippen molar-refractivity contribution >= 4 is 34.7 Å². The molecule has 5 rings (SSSR count). The lowest BCUT2D eigenvalue weighted by Crippen LogP contribution is -2.39. The fourth-order valence-electron chi connectivity index (χ4n) is 5.42. The van der Waals surface area contributed by atoms with Crippen LogP contribution >= 0.6 is 11.6 Å². The van der Waals surface area contributed by atoms with Gasteiger partial charge in [0.15, 0.2) is 5.78 Å². The number of carbonyl (C=O) groups excluding carboxylic acids is 2. The molecule has 0 saturated heterocycles. The van der Waals surface area contributed by atoms with E-state index in [1.54, 1.807) is 12.0 Å². The van der Waals surface area contributed by atoms with Crippen molar-refractivity contribution in [3.8, 4) is 5.75 Å². The first-order chi connectivity index (χ1) is 17.9. The molecule has 1 heterocycles. The smallest absolute Gasteiger partial charge is 0.228 e. The summed E-state index contributed by atoms with van der Waals surface area (Å²) < 4.78 is 5.32. The molecular weight excluding hydrogens is 484 g/mol. The summed E-state index contributed by atoms with van der Waals surface area (Å²) in [6.07, 6.45) is 1.37. The van der Waals surface area contributed by atoms with Crippen LogP contribution in [0.25, 0.3) is 0 Å². The van der Waals surface area contributed by atoms with Gasteiger partial charge in [-0.05, 0) is 59.7 Å². The number of para-hydroxylation sites is 2. The Labute approximate surface area is 223 Å². The summed E-state index contributed by atoms with van der Waals surface area (Å²) >= 11 is 6.74. The van der Waals surface area contributed by atoms with Gasteiger partial charge in [-0.3, -0.25) is 14.5 Å². The van der Waals surface area contributed by atoms with Gasteiger partial charge in [0.25, 0.3) is 0 Å². The van der Waals surface area contributed by atoms with Crippen LogP contribution in [0.5, 0.6) is 5.75 Å². The van der Waals surface area contributed by atoms with Gasteiger partial charge in [-0.15, -0.1) is 0 Å². The van der Waals surface area contributed by atoms with Crippen molar-refractivity contribution in [1.82, 2.24) is 0 Å². The van der Waals surface area contributed by atoms with Gasteiger partial charge in [0.1, 0.15) is 5.75 Å². The van der Waals surface area contributed by atoms with Crippen molar-refractivity contribution in [1.29, 1.82) is 0 Å². The van der Waals surface area contributed by atoms with Crippen molar-refractivity contribution in [2.75, 3.05) is 17.3 Å². The van der Waals surface area contributed by atoms with Crippen LogP contribution in [-0.4, -0.2) is 18.8 Å². The van der Waals surface area contributed by atoms with Crippen LogP contribution < -0.4 is 15.0 Å². The number of anilines is 2. The fourth-order valence-corrected chi connectivity index (χ4v) is 5.65. The molecule has 1 amide bonds. The minimum absolute atomic E-state index is 0.0154. The SMILES string of the molecule is COc1ccc([C@@H]2CC(=O)C3=C(C2)Nc2ccccc2N(C(=O)CC(C)C)[C@H]3c2ccccc2Cl)cc1. The van der Waals surface area contributed by atoms with Crippen molar-refractivity contribution < 1.29 is 14.3 Å². The maximum atomic E-state index is 14.0. The predicted molar refractivity (Wildman–Crippen MR) is 148 cm³/mol. The lowest BCUT2D eigenvalue weighted by Gasteiger charge is -2.36. The Hall–Kier alpha value is -3.57. The predicted octanol–water partition coefficient (Wildman–Crippen LogP) is 7.30. The van der Waals surface area contributed by atoms with E-state index in [2.05, 4.69) is 5.32 Å². The number of amides is 1. The highest BCUT2D eigenvalue weighted by atomic mass is 35.5. The molecule has 0 radical (unpaired) electrons. The second-order valence-electron chi connectivity index (χ2n) is 10.1. The molecule has 1 aliphatic heterocycles. The van der Waals surface area contributed by atoms with Gasteiger partial charge in [0, 0.05) is 29.1 Å². The Morgan fingerprint density at radius 1 is 1.03 bits per heavy atom. The third-order valence-corrected chi connectivity index (χ3v) is 7.47. The van der Waals surface area contributed by atoms with E-state index in [9.17, 15) is 9.59 Å². The van der Waals surface area contributed by atoms with Gasteiger partial charge in [0.2, 0.25) is 5.91 Å². The lowest BCUT2D eigenvalue weighted by molar-refractivity contribution is -0.119. The standard InChI is InChI=1S/C31H31ClN2O3/c1-19(2)16-29(36)34-27-11-7-6-10-25(27)33-26-17-21(20-12-14-22(37-3)15-13-20)18-28(35)30(26)31(34)23-8-4-5-9-24(23)32/h4-15,19,21,31,33H,16-18H2,1-3H3/t21-,31-/m0/s1. The highest BCUT2D eigenvalue weighted by molar-refractivity contribution is 6.31. The number of hydrogen-bond acceptors (Lipinski definition) is 4. The van der Waals surface area contributed by atoms with Crippen LogP contribution in [0, 0.1) is 5.92 Å². The summed E-state index contributed by atoms with van der Waals surface area (Å²) in [7, 11) is 1.64. The zero-order chi connectivity index (χ0) is 26.1. The van der Waals surface area contributed by atoms with E-state index in [-0.39, 0.29) is 23.5 Å². The van der Waals surface area contributed by atoms with Gasteiger partial charge < -0.3 is 10.1 Å². The topological polar surface area (TPSA) is 58.6 Å². The highest BCUT2D eigenvalue weighted by Gasteiger charge is 2.42. The van der Waals surface area contributed by atoms with Crippen molar-refractivity contribution in [3.63, 3.8) is 0 Å². The Morgan fingerprint density at radius 3 is 2.43 bits per heavy atom. The molecule has 1 aliphatic carbocycles. The van der Waals surface area contributed by atoms with Crippen LogP contribution in [0.2, 0.25) is 5.02 Å². The number of Topliss-reactive ketones (excluding diaryl/α,β-unsaturated/α-hetero) is 1. The first-order valence-electron chi connectivity index (χ1n) is 12.7. The normalized spacial score (nSPS) is 19.2. The highest BCUT2D eigenvalue weighted by Crippen LogP contribution is 2.48. The zero-order valence-electron chi connectivity index (χ0n) is 21.3.